The van der Waals surface area contributed by atoms with Gasteiger partial charge in [-0.3, -0.25) is 0 Å². The summed E-state index contributed by atoms with van der Waals surface area (Å²) >= 11 is -0.00340. The molecule has 2 aromatic carbocycles. The van der Waals surface area contributed by atoms with Crippen LogP contribution in [-0.4, -0.2) is 26.4 Å². The van der Waals surface area contributed by atoms with Gasteiger partial charge in [0.1, 0.15) is 0 Å². The van der Waals surface area contributed by atoms with Crippen molar-refractivity contribution < 1.29 is 9.59 Å². The number of hydrogen-bond donors (Lipinski definition) is 2. The summed E-state index contributed by atoms with van der Waals surface area (Å²) in [6, 6.07) is 20.6. The van der Waals surface area contributed by atoms with Crippen LogP contribution in [0.2, 0.25) is 0 Å². The van der Waals surface area contributed by atoms with Gasteiger partial charge < -0.3 is 0 Å². The summed E-state index contributed by atoms with van der Waals surface area (Å²) < 4.78 is 2.33. The van der Waals surface area contributed by atoms with Crippen LogP contribution in [0.15, 0.2) is 66.4 Å². The fourth-order valence-electron chi connectivity index (χ4n) is 3.99. The molecule has 0 spiro atoms. The average molecular weight is 448 g/mol. The van der Waals surface area contributed by atoms with E-state index in [9.17, 15) is 9.59 Å². The number of para-hydroxylation sites is 2. The molecule has 0 aliphatic carbocycles. The Morgan fingerprint density at radius 1 is 0.931 bits per heavy atom. The van der Waals surface area contributed by atoms with Crippen molar-refractivity contribution in [2.24, 2.45) is 0 Å². The maximum atomic E-state index is 12.0. The summed E-state index contributed by atoms with van der Waals surface area (Å²) in [6.07, 6.45) is 1.81. The topological polar surface area (TPSA) is 61.4 Å². The number of imide groups is 1. The van der Waals surface area contributed by atoms with Crippen LogP contribution in [-0.2, 0) is 10.2 Å². The summed E-state index contributed by atoms with van der Waals surface area (Å²) in [5.41, 5.74) is 5.01. The zero-order valence-electron chi connectivity index (χ0n) is 16.0. The normalized spacial score (nSPS) is 18.3. The summed E-state index contributed by atoms with van der Waals surface area (Å²) in [7, 11) is 0. The third-order valence-corrected chi connectivity index (χ3v) is 7.69. The van der Waals surface area contributed by atoms with E-state index >= 15 is 0 Å². The Bertz CT molecular complexity index is 1180. The van der Waals surface area contributed by atoms with E-state index in [1.54, 1.807) is 0 Å². The molecule has 3 heterocycles. The molecule has 29 heavy (non-hydrogen) atoms. The monoisotopic (exact) mass is 449 g/mol. The van der Waals surface area contributed by atoms with E-state index < -0.39 is 6.03 Å². The molecule has 3 aromatic rings. The number of urea groups is 1. The van der Waals surface area contributed by atoms with Gasteiger partial charge in [-0.25, -0.2) is 0 Å². The van der Waals surface area contributed by atoms with E-state index in [0.29, 0.717) is 5.70 Å². The van der Waals surface area contributed by atoms with E-state index in [-0.39, 0.29) is 25.8 Å². The molecule has 0 unspecified atom stereocenters. The second kappa shape index (κ2) is 6.48. The van der Waals surface area contributed by atoms with E-state index in [1.165, 1.54) is 21.4 Å². The van der Waals surface area contributed by atoms with Crippen LogP contribution in [0.3, 0.4) is 0 Å². The summed E-state index contributed by atoms with van der Waals surface area (Å²) in [6.45, 7) is 4.49. The van der Waals surface area contributed by atoms with Crippen LogP contribution in [0.25, 0.3) is 6.08 Å². The van der Waals surface area contributed by atoms with Gasteiger partial charge in [0.05, 0.1) is 0 Å². The van der Waals surface area contributed by atoms with E-state index in [4.69, 9.17) is 0 Å². The summed E-state index contributed by atoms with van der Waals surface area (Å²) in [4.78, 5) is 25.8. The minimum absolute atomic E-state index is 0.00340. The Labute approximate surface area is 174 Å². The quantitative estimate of drug-likeness (QED) is 0.354. The van der Waals surface area contributed by atoms with Crippen molar-refractivity contribution in [3.8, 4) is 0 Å². The van der Waals surface area contributed by atoms with Crippen molar-refractivity contribution in [3.63, 3.8) is 0 Å². The van der Waals surface area contributed by atoms with Crippen molar-refractivity contribution >= 4 is 48.5 Å². The number of carbonyl (C=O) groups is 2. The molecular weight excluding hydrogens is 429 g/mol. The molecule has 0 radical (unpaired) electrons. The van der Waals surface area contributed by atoms with Crippen LogP contribution in [0, 0.1) is 0 Å². The van der Waals surface area contributed by atoms with Gasteiger partial charge in [-0.05, 0) is 0 Å². The van der Waals surface area contributed by atoms with Gasteiger partial charge in [0.2, 0.25) is 0 Å². The Kier molecular flexibility index (Phi) is 4.02. The van der Waals surface area contributed by atoms with Crippen LogP contribution in [0.1, 0.15) is 29.4 Å². The number of amides is 3. The third kappa shape index (κ3) is 2.84. The number of rotatable bonds is 2. The Hall–Kier alpha value is -3.08. The maximum absolute atomic E-state index is 12.0. The number of hydrogen-bond acceptors (Lipinski definition) is 3. The van der Waals surface area contributed by atoms with Crippen molar-refractivity contribution in [1.82, 2.24) is 10.6 Å². The molecule has 1 saturated heterocycles. The van der Waals surface area contributed by atoms with Crippen LogP contribution < -0.4 is 15.5 Å². The third-order valence-electron chi connectivity index (χ3n) is 5.45. The number of benzene rings is 2. The first-order chi connectivity index (χ1) is 13.9. The van der Waals surface area contributed by atoms with Gasteiger partial charge in [-0.15, -0.1) is 0 Å². The first kappa shape index (κ1) is 18.0. The van der Waals surface area contributed by atoms with Crippen molar-refractivity contribution in [1.29, 1.82) is 0 Å². The molecular formula is C23H19N3O2Se. The van der Waals surface area contributed by atoms with Crippen LogP contribution in [0.4, 0.5) is 20.7 Å². The summed E-state index contributed by atoms with van der Waals surface area (Å²) in [5.74, 6) is -0.376. The second-order valence-electron chi connectivity index (χ2n) is 7.65. The number of nitrogens with one attached hydrogen (secondary N) is 2. The van der Waals surface area contributed by atoms with E-state index in [0.717, 1.165) is 10.1 Å². The van der Waals surface area contributed by atoms with E-state index in [2.05, 4.69) is 84.0 Å². The fourth-order valence-corrected chi connectivity index (χ4v) is 6.71. The molecule has 2 aliphatic heterocycles. The molecule has 6 heteroatoms. The molecule has 0 saturated carbocycles. The van der Waals surface area contributed by atoms with Crippen molar-refractivity contribution in [2.45, 2.75) is 19.3 Å². The molecule has 2 aliphatic rings. The molecule has 0 atom stereocenters. The zero-order valence-corrected chi connectivity index (χ0v) is 17.7. The van der Waals surface area contributed by atoms with Gasteiger partial charge in [0.15, 0.2) is 0 Å². The molecule has 1 fully saturated rings. The molecule has 144 valence electrons. The predicted molar refractivity (Wildman–Crippen MR) is 115 cm³/mol. The number of carbonyl (C=O) groups excluding carboxylic acids is 2. The number of anilines is 3. The molecule has 3 amide bonds. The fraction of sp³-hybridized carbons (Fsp3) is 0.130. The van der Waals surface area contributed by atoms with Crippen molar-refractivity contribution in [2.75, 3.05) is 4.90 Å². The van der Waals surface area contributed by atoms with Crippen molar-refractivity contribution in [3.05, 3.63) is 81.9 Å². The molecule has 0 bridgehead atoms. The molecule has 5 rings (SSSR count). The number of fused-ring (bicyclic) bond motifs is 2. The van der Waals surface area contributed by atoms with Gasteiger partial charge >= 0.3 is 175 Å². The standard InChI is InChI=1S/C23H19N3O2Se/c1-23(2)16-10-6-7-11-19(16)26(14-8-4-3-5-9-14)21-17(23)12-15(29-21)13-18-20(27)25-22(28)24-18/h3-13H,1-2H3,(H2,24,25,27,28)/b18-13+. The Balaban J connectivity index is 1.71. The first-order valence-electron chi connectivity index (χ1n) is 9.38. The molecule has 5 nitrogen and oxygen atoms in total. The average Bonchev–Trinajstić information content (AvgIpc) is 3.26. The Morgan fingerprint density at radius 2 is 1.66 bits per heavy atom. The van der Waals surface area contributed by atoms with Gasteiger partial charge in [-0.2, -0.15) is 0 Å². The predicted octanol–water partition coefficient (Wildman–Crippen LogP) is 4.03. The number of nitrogens with zero attached hydrogens (tertiary/aromatic N) is 1. The van der Waals surface area contributed by atoms with E-state index in [1.807, 2.05) is 12.1 Å². The zero-order chi connectivity index (χ0) is 20.2. The minimum atomic E-state index is -0.469. The Morgan fingerprint density at radius 3 is 2.38 bits per heavy atom. The molecule has 2 N–H and O–H groups in total. The molecule has 1 aromatic heterocycles. The second-order valence-corrected chi connectivity index (χ2v) is 9.88. The van der Waals surface area contributed by atoms with Gasteiger partial charge in [0.25, 0.3) is 0 Å². The van der Waals surface area contributed by atoms with Crippen LogP contribution in [0.5, 0.6) is 0 Å². The van der Waals surface area contributed by atoms with Gasteiger partial charge in [-0.1, -0.05) is 0 Å². The van der Waals surface area contributed by atoms with Crippen LogP contribution >= 0.6 is 0 Å². The SMILES string of the molecule is CC1(C)c2ccccc2N(c2ccccc2)c2[se]c(/C=C3/NC(=O)NC3=O)cc21. The van der Waals surface area contributed by atoms with Gasteiger partial charge in [0, 0.05) is 0 Å². The summed E-state index contributed by atoms with van der Waals surface area (Å²) in [5, 5.41) is 4.86. The first-order valence-corrected chi connectivity index (χ1v) is 11.1.